The molecule has 2 heterocycles. The van der Waals surface area contributed by atoms with Crippen molar-refractivity contribution in [2.75, 3.05) is 41.2 Å². The molecule has 2 saturated heterocycles. The number of thioether (sulfide) groups is 1. The first-order valence-electron chi connectivity index (χ1n) is 16.1. The maximum Gasteiger partial charge on any atom is 0.446 e. The number of carbonyl (C=O) groups excluding carboxylic acids is 1. The Labute approximate surface area is 265 Å². The molecule has 248 valence electrons. The molecule has 0 amide bonds. The number of likely N-dealkylation sites (tertiary alicyclic amines) is 1. The summed E-state index contributed by atoms with van der Waals surface area (Å²) in [6, 6.07) is 5.35. The minimum atomic E-state index is -4.42. The molecule has 7 fully saturated rings. The number of benzene rings is 1. The van der Waals surface area contributed by atoms with Crippen molar-refractivity contribution in [3.63, 3.8) is 0 Å². The van der Waals surface area contributed by atoms with Gasteiger partial charge in [-0.3, -0.25) is 4.90 Å². The van der Waals surface area contributed by atoms with Gasteiger partial charge in [-0.1, -0.05) is 13.8 Å². The Morgan fingerprint density at radius 1 is 1.11 bits per heavy atom. The molecule has 1 aromatic rings. The Morgan fingerprint density at radius 3 is 2.51 bits per heavy atom. The smallest absolute Gasteiger partial charge is 0.446 e. The monoisotopic (exact) mass is 653 g/mol. The zero-order valence-electron chi connectivity index (χ0n) is 26.3. The molecule has 7 aliphatic rings. The van der Waals surface area contributed by atoms with E-state index in [0.717, 1.165) is 32.4 Å². The van der Waals surface area contributed by atoms with E-state index in [1.54, 1.807) is 21.3 Å². The van der Waals surface area contributed by atoms with Gasteiger partial charge in [-0.15, -0.1) is 0 Å². The molecular formula is C33H42F3NO7S. The Morgan fingerprint density at radius 2 is 1.87 bits per heavy atom. The van der Waals surface area contributed by atoms with Gasteiger partial charge >= 0.3 is 11.5 Å². The lowest BCUT2D eigenvalue weighted by Gasteiger charge is -2.69. The summed E-state index contributed by atoms with van der Waals surface area (Å²) in [4.78, 5) is 16.7. The van der Waals surface area contributed by atoms with Crippen molar-refractivity contribution in [2.24, 2.45) is 34.5 Å². The van der Waals surface area contributed by atoms with Crippen LogP contribution in [0.15, 0.2) is 29.2 Å². The molecule has 1 aromatic carbocycles. The molecular weight excluding hydrogens is 611 g/mol. The second kappa shape index (κ2) is 10.1. The number of fused-ring (bicyclic) bond motifs is 1. The van der Waals surface area contributed by atoms with Crippen molar-refractivity contribution in [1.29, 1.82) is 0 Å². The maximum absolute atomic E-state index is 14.1. The molecule has 8 nitrogen and oxygen atoms in total. The minimum absolute atomic E-state index is 0.000616. The molecule has 45 heavy (non-hydrogen) atoms. The summed E-state index contributed by atoms with van der Waals surface area (Å²) in [6.45, 7) is 6.24. The minimum Gasteiger partial charge on any atom is -0.455 e. The highest BCUT2D eigenvalue weighted by Crippen LogP contribution is 2.82. The molecule has 7 bridgehead atoms. The van der Waals surface area contributed by atoms with E-state index in [0.29, 0.717) is 6.42 Å². The SMILES string of the molecule is CCN1C[C@]2(C)CC[C@H](OC)[C@]34[C@@H]5C[C@H]6[C@H](OC)[C@@H]5[C@@]5(C[C@@H]6OC)OCO[C@]5([C@H]13)[C@@H](OC(=O)c1ccc(SC(F)(F)F)cc1)[C@H]24. The molecule has 0 aromatic heterocycles. The van der Waals surface area contributed by atoms with E-state index in [1.165, 1.54) is 24.3 Å². The largest absolute Gasteiger partial charge is 0.455 e. The number of esters is 1. The van der Waals surface area contributed by atoms with E-state index >= 15 is 0 Å². The van der Waals surface area contributed by atoms with Gasteiger partial charge in [0.25, 0.3) is 0 Å². The number of carbonyl (C=O) groups is 1. The summed E-state index contributed by atoms with van der Waals surface area (Å²) in [5.41, 5.74) is -6.65. The third kappa shape index (κ3) is 3.65. The Bertz CT molecular complexity index is 1370. The van der Waals surface area contributed by atoms with Crippen LogP contribution in [-0.4, -0.2) is 99.2 Å². The highest BCUT2D eigenvalue weighted by molar-refractivity contribution is 8.00. The van der Waals surface area contributed by atoms with Gasteiger partial charge in [0.05, 0.1) is 29.9 Å². The van der Waals surface area contributed by atoms with Crippen molar-refractivity contribution in [3.8, 4) is 0 Å². The van der Waals surface area contributed by atoms with E-state index in [-0.39, 0.29) is 82.5 Å². The molecule has 12 heteroatoms. The lowest BCUT2D eigenvalue weighted by Crippen LogP contribution is -2.81. The van der Waals surface area contributed by atoms with Crippen molar-refractivity contribution in [3.05, 3.63) is 29.8 Å². The first-order valence-corrected chi connectivity index (χ1v) is 16.9. The standard InChI is InChI=1S/C33H42F3NO7S/c1-6-37-15-29(2)12-11-22(40-4)31-20-13-19-21(39-3)14-30(23(20)24(19)41-5)32(28(31)37,43-16-42-30)26(25(29)31)44-27(38)17-7-9-18(10-8-17)45-33(34,35)36/h7-10,19-26,28H,6,11-16H2,1-5H3/t19-,20-,21+,22+,23-,24+,25-,26+,28-,29+,30-,31+,32+/m1/s1. The third-order valence-electron chi connectivity index (χ3n) is 13.4. The second-order valence-electron chi connectivity index (χ2n) is 14.6. The number of nitrogens with zero attached hydrogens (tertiary/aromatic N) is 1. The average molecular weight is 654 g/mol. The fraction of sp³-hybridized carbons (Fsp3) is 0.788. The summed E-state index contributed by atoms with van der Waals surface area (Å²) in [6.07, 6.45) is 2.35. The first kappa shape index (κ1) is 30.9. The zero-order chi connectivity index (χ0) is 31.7. The number of hydrogen-bond acceptors (Lipinski definition) is 9. The maximum atomic E-state index is 14.1. The van der Waals surface area contributed by atoms with Gasteiger partial charge in [0.1, 0.15) is 18.5 Å². The van der Waals surface area contributed by atoms with Crippen molar-refractivity contribution in [2.45, 2.75) is 91.6 Å². The number of ether oxygens (including phenoxy) is 6. The number of methoxy groups -OCH3 is 3. The predicted octanol–water partition coefficient (Wildman–Crippen LogP) is 5.14. The third-order valence-corrected chi connectivity index (χ3v) is 14.1. The highest BCUT2D eigenvalue weighted by atomic mass is 32.2. The number of rotatable bonds is 7. The highest BCUT2D eigenvalue weighted by Gasteiger charge is 2.94. The van der Waals surface area contributed by atoms with Crippen LogP contribution in [0.5, 0.6) is 0 Å². The van der Waals surface area contributed by atoms with E-state index in [1.807, 2.05) is 0 Å². The van der Waals surface area contributed by atoms with Gasteiger partial charge in [-0.25, -0.2) is 4.79 Å². The van der Waals surface area contributed by atoms with Crippen LogP contribution < -0.4 is 0 Å². The van der Waals surface area contributed by atoms with Gasteiger partial charge in [-0.2, -0.15) is 13.2 Å². The molecule has 2 aliphatic heterocycles. The zero-order valence-corrected chi connectivity index (χ0v) is 27.1. The van der Waals surface area contributed by atoms with Crippen molar-refractivity contribution >= 4 is 17.7 Å². The lowest BCUT2D eigenvalue weighted by molar-refractivity contribution is -0.282. The van der Waals surface area contributed by atoms with Crippen molar-refractivity contribution in [1.82, 2.24) is 4.90 Å². The average Bonchev–Trinajstić information content (AvgIpc) is 3.59. The fourth-order valence-corrected chi connectivity index (χ4v) is 13.1. The summed E-state index contributed by atoms with van der Waals surface area (Å²) >= 11 is -0.205. The summed E-state index contributed by atoms with van der Waals surface area (Å²) < 4.78 is 78.7. The van der Waals surface area contributed by atoms with Crippen LogP contribution in [0.1, 0.15) is 49.9 Å². The van der Waals surface area contributed by atoms with Crippen LogP contribution in [0.25, 0.3) is 0 Å². The lowest BCUT2D eigenvalue weighted by atomic mass is 9.43. The van der Waals surface area contributed by atoms with Crippen molar-refractivity contribution < 1.29 is 46.4 Å². The number of hydrogen-bond donors (Lipinski definition) is 0. The van der Waals surface area contributed by atoms with Crippen LogP contribution >= 0.6 is 11.8 Å². The normalized spacial score (nSPS) is 49.2. The molecule has 0 radical (unpaired) electrons. The number of piperidine rings is 1. The van der Waals surface area contributed by atoms with Crippen LogP contribution in [0.2, 0.25) is 0 Å². The summed E-state index contributed by atoms with van der Waals surface area (Å²) in [5.74, 6) is -0.279. The van der Waals surface area contributed by atoms with E-state index in [4.69, 9.17) is 28.4 Å². The molecule has 5 saturated carbocycles. The summed E-state index contributed by atoms with van der Waals surface area (Å²) in [7, 11) is 5.33. The van der Waals surface area contributed by atoms with Crippen LogP contribution in [0.3, 0.4) is 0 Å². The quantitative estimate of drug-likeness (QED) is 0.294. The number of halogens is 3. The van der Waals surface area contributed by atoms with Gasteiger partial charge in [-0.05, 0) is 73.2 Å². The topological polar surface area (TPSA) is 75.7 Å². The molecule has 5 aliphatic carbocycles. The fourth-order valence-electron chi connectivity index (χ4n) is 12.5. The Balaban J connectivity index is 1.31. The Kier molecular flexibility index (Phi) is 6.90. The second-order valence-corrected chi connectivity index (χ2v) is 15.7. The van der Waals surface area contributed by atoms with Gasteiger partial charge < -0.3 is 28.4 Å². The molecule has 3 spiro atoms. The predicted molar refractivity (Wildman–Crippen MR) is 156 cm³/mol. The van der Waals surface area contributed by atoms with Crippen LogP contribution in [0.4, 0.5) is 13.2 Å². The Hall–Kier alpha value is -1.41. The van der Waals surface area contributed by atoms with Gasteiger partial charge in [0.2, 0.25) is 0 Å². The van der Waals surface area contributed by atoms with Gasteiger partial charge in [0, 0.05) is 62.4 Å². The molecule has 0 unspecified atom stereocenters. The molecule has 8 rings (SSSR count). The van der Waals surface area contributed by atoms with Crippen LogP contribution in [0, 0.1) is 34.5 Å². The van der Waals surface area contributed by atoms with E-state index in [2.05, 4.69) is 18.7 Å². The first-order chi connectivity index (χ1) is 21.5. The molecule has 0 N–H and O–H groups in total. The van der Waals surface area contributed by atoms with Crippen LogP contribution in [-0.2, 0) is 28.4 Å². The number of alkyl halides is 3. The molecule has 13 atom stereocenters. The van der Waals surface area contributed by atoms with E-state index in [9.17, 15) is 18.0 Å². The summed E-state index contributed by atoms with van der Waals surface area (Å²) in [5, 5.41) is 0. The van der Waals surface area contributed by atoms with Gasteiger partial charge in [0.15, 0.2) is 5.60 Å². The van der Waals surface area contributed by atoms with E-state index < -0.39 is 34.2 Å². The number of likely N-dealkylation sites (N-methyl/N-ethyl adjacent to an activating group) is 1.